The molecule has 0 spiro atoms. The standard InChI is InChI=1S/C6H5FIN3/c7-1-2-11-6(3-9)5(8)4-10-11/h4H,1-2H2. The summed E-state index contributed by atoms with van der Waals surface area (Å²) in [6, 6.07) is 1.95. The van der Waals surface area contributed by atoms with E-state index in [-0.39, 0.29) is 6.54 Å². The highest BCUT2D eigenvalue weighted by Crippen LogP contribution is 2.09. The predicted octanol–water partition coefficient (Wildman–Crippen LogP) is 1.33. The Balaban J connectivity index is 2.98. The highest BCUT2D eigenvalue weighted by molar-refractivity contribution is 14.1. The Kier molecular flexibility index (Phi) is 2.82. The Labute approximate surface area is 77.0 Å². The molecule has 0 aliphatic carbocycles. The molecule has 1 heterocycles. The lowest BCUT2D eigenvalue weighted by Gasteiger charge is -1.96. The zero-order valence-corrected chi connectivity index (χ0v) is 7.75. The molecule has 1 rings (SSSR count). The van der Waals surface area contributed by atoms with Gasteiger partial charge in [0, 0.05) is 0 Å². The zero-order chi connectivity index (χ0) is 8.27. The fourth-order valence-corrected chi connectivity index (χ4v) is 1.25. The third-order valence-corrected chi connectivity index (χ3v) is 1.99. The van der Waals surface area contributed by atoms with Crippen molar-refractivity contribution < 1.29 is 4.39 Å². The van der Waals surface area contributed by atoms with Crippen molar-refractivity contribution in [2.75, 3.05) is 6.67 Å². The minimum Gasteiger partial charge on any atom is -0.251 e. The molecular formula is C6H5FIN3. The Morgan fingerprint density at radius 1 is 1.82 bits per heavy atom. The molecule has 1 aromatic rings. The third kappa shape index (κ3) is 1.68. The monoisotopic (exact) mass is 265 g/mol. The SMILES string of the molecule is N#Cc1c(I)cnn1CCF. The molecule has 0 N–H and O–H groups in total. The third-order valence-electron chi connectivity index (χ3n) is 1.20. The number of hydrogen-bond acceptors (Lipinski definition) is 2. The average Bonchev–Trinajstić information content (AvgIpc) is 2.33. The van der Waals surface area contributed by atoms with Crippen LogP contribution in [0.15, 0.2) is 6.20 Å². The predicted molar refractivity (Wildman–Crippen MR) is 45.6 cm³/mol. The van der Waals surface area contributed by atoms with Crippen LogP contribution < -0.4 is 0 Å². The van der Waals surface area contributed by atoms with E-state index in [1.807, 2.05) is 28.7 Å². The Hall–Kier alpha value is -0.640. The number of rotatable bonds is 2. The van der Waals surface area contributed by atoms with Gasteiger partial charge in [-0.25, -0.2) is 4.39 Å². The number of alkyl halides is 1. The molecule has 0 aliphatic rings. The van der Waals surface area contributed by atoms with Gasteiger partial charge in [0.1, 0.15) is 12.7 Å². The van der Waals surface area contributed by atoms with Gasteiger partial charge in [-0.05, 0) is 22.6 Å². The minimum absolute atomic E-state index is 0.159. The number of aryl methyl sites for hydroxylation is 1. The molecule has 0 atom stereocenters. The van der Waals surface area contributed by atoms with Crippen LogP contribution in [0.25, 0.3) is 0 Å². The Morgan fingerprint density at radius 3 is 3.09 bits per heavy atom. The van der Waals surface area contributed by atoms with E-state index < -0.39 is 6.67 Å². The molecule has 5 heteroatoms. The van der Waals surface area contributed by atoms with E-state index in [1.54, 1.807) is 6.20 Å². The van der Waals surface area contributed by atoms with Crippen LogP contribution in [0.1, 0.15) is 5.69 Å². The van der Waals surface area contributed by atoms with E-state index >= 15 is 0 Å². The number of hydrogen-bond donors (Lipinski definition) is 0. The molecule has 1 aromatic heterocycles. The quantitative estimate of drug-likeness (QED) is 0.757. The van der Waals surface area contributed by atoms with Crippen LogP contribution in [0.3, 0.4) is 0 Å². The topological polar surface area (TPSA) is 41.6 Å². The maximum Gasteiger partial charge on any atom is 0.151 e. The van der Waals surface area contributed by atoms with Crippen LogP contribution in [0.4, 0.5) is 4.39 Å². The van der Waals surface area contributed by atoms with E-state index in [4.69, 9.17) is 5.26 Å². The van der Waals surface area contributed by atoms with E-state index in [1.165, 1.54) is 4.68 Å². The maximum absolute atomic E-state index is 11.8. The van der Waals surface area contributed by atoms with E-state index in [2.05, 4.69) is 5.10 Å². The smallest absolute Gasteiger partial charge is 0.151 e. The largest absolute Gasteiger partial charge is 0.251 e. The maximum atomic E-state index is 11.8. The van der Waals surface area contributed by atoms with Crippen LogP contribution in [0.5, 0.6) is 0 Å². The number of nitriles is 1. The van der Waals surface area contributed by atoms with Gasteiger partial charge < -0.3 is 0 Å². The van der Waals surface area contributed by atoms with Crippen LogP contribution in [0, 0.1) is 14.9 Å². The second kappa shape index (κ2) is 3.67. The van der Waals surface area contributed by atoms with Crippen molar-refractivity contribution in [1.29, 1.82) is 5.26 Å². The fraction of sp³-hybridized carbons (Fsp3) is 0.333. The molecule has 0 aliphatic heterocycles. The molecular weight excluding hydrogens is 260 g/mol. The van der Waals surface area contributed by atoms with Crippen molar-refractivity contribution in [3.05, 3.63) is 15.5 Å². The Bertz CT molecular complexity index is 289. The summed E-state index contributed by atoms with van der Waals surface area (Å²) in [6.07, 6.45) is 1.55. The van der Waals surface area contributed by atoms with Crippen LogP contribution in [-0.4, -0.2) is 16.5 Å². The van der Waals surface area contributed by atoms with Crippen molar-refractivity contribution in [1.82, 2.24) is 9.78 Å². The highest BCUT2D eigenvalue weighted by atomic mass is 127. The van der Waals surface area contributed by atoms with E-state index in [9.17, 15) is 4.39 Å². The molecule has 0 bridgehead atoms. The molecule has 0 radical (unpaired) electrons. The summed E-state index contributed by atoms with van der Waals surface area (Å²) in [5.74, 6) is 0. The molecule has 0 amide bonds. The fourth-order valence-electron chi connectivity index (χ4n) is 0.723. The number of aromatic nitrogens is 2. The second-order valence-corrected chi connectivity index (χ2v) is 3.03. The first-order chi connectivity index (χ1) is 5.29. The summed E-state index contributed by atoms with van der Waals surface area (Å²) in [7, 11) is 0. The van der Waals surface area contributed by atoms with Gasteiger partial charge in [-0.2, -0.15) is 10.4 Å². The van der Waals surface area contributed by atoms with Gasteiger partial charge in [0.25, 0.3) is 0 Å². The lowest BCUT2D eigenvalue weighted by molar-refractivity contribution is 0.425. The summed E-state index contributed by atoms with van der Waals surface area (Å²) < 4.78 is 14.0. The van der Waals surface area contributed by atoms with Gasteiger partial charge in [-0.1, -0.05) is 0 Å². The van der Waals surface area contributed by atoms with Crippen LogP contribution >= 0.6 is 22.6 Å². The molecule has 11 heavy (non-hydrogen) atoms. The molecule has 3 nitrogen and oxygen atoms in total. The summed E-state index contributed by atoms with van der Waals surface area (Å²) in [5.41, 5.74) is 0.434. The second-order valence-electron chi connectivity index (χ2n) is 1.87. The van der Waals surface area contributed by atoms with Gasteiger partial charge in [-0.15, -0.1) is 0 Å². The molecule has 58 valence electrons. The van der Waals surface area contributed by atoms with Gasteiger partial charge in [0.2, 0.25) is 0 Å². The van der Waals surface area contributed by atoms with Crippen molar-refractivity contribution >= 4 is 22.6 Å². The summed E-state index contributed by atoms with van der Waals surface area (Å²) in [6.45, 7) is -0.335. The molecule has 0 saturated carbocycles. The number of halogens is 2. The van der Waals surface area contributed by atoms with Gasteiger partial charge in [-0.3, -0.25) is 4.68 Å². The van der Waals surface area contributed by atoms with Crippen molar-refractivity contribution in [3.8, 4) is 6.07 Å². The average molecular weight is 265 g/mol. The van der Waals surface area contributed by atoms with Crippen LogP contribution in [-0.2, 0) is 6.54 Å². The molecule has 0 aromatic carbocycles. The summed E-state index contributed by atoms with van der Waals surface area (Å²) >= 11 is 1.99. The molecule has 0 saturated heterocycles. The molecule has 0 fully saturated rings. The first-order valence-corrected chi connectivity index (χ1v) is 4.05. The highest BCUT2D eigenvalue weighted by Gasteiger charge is 2.05. The first kappa shape index (κ1) is 8.46. The van der Waals surface area contributed by atoms with E-state index in [0.29, 0.717) is 5.69 Å². The minimum atomic E-state index is -0.494. The van der Waals surface area contributed by atoms with Crippen molar-refractivity contribution in [2.45, 2.75) is 6.54 Å². The lowest BCUT2D eigenvalue weighted by Crippen LogP contribution is -2.04. The lowest BCUT2D eigenvalue weighted by atomic mass is 10.5. The number of nitrogens with zero attached hydrogens (tertiary/aromatic N) is 3. The van der Waals surface area contributed by atoms with E-state index in [0.717, 1.165) is 3.57 Å². The van der Waals surface area contributed by atoms with Gasteiger partial charge in [0.15, 0.2) is 5.69 Å². The normalized spacial score (nSPS) is 9.55. The zero-order valence-electron chi connectivity index (χ0n) is 5.59. The van der Waals surface area contributed by atoms with Gasteiger partial charge in [0.05, 0.1) is 16.3 Å². The molecule has 0 unspecified atom stereocenters. The van der Waals surface area contributed by atoms with Gasteiger partial charge >= 0.3 is 0 Å². The summed E-state index contributed by atoms with van der Waals surface area (Å²) in [5, 5.41) is 12.4. The van der Waals surface area contributed by atoms with Crippen LogP contribution in [0.2, 0.25) is 0 Å². The Morgan fingerprint density at radius 2 is 2.55 bits per heavy atom. The van der Waals surface area contributed by atoms with Crippen molar-refractivity contribution in [2.24, 2.45) is 0 Å². The van der Waals surface area contributed by atoms with Crippen molar-refractivity contribution in [3.63, 3.8) is 0 Å². The summed E-state index contributed by atoms with van der Waals surface area (Å²) in [4.78, 5) is 0. The first-order valence-electron chi connectivity index (χ1n) is 2.97.